The minimum Gasteiger partial charge on any atom is -0.435 e. The number of aromatic nitrogens is 1. The molecule has 3 heteroatoms. The average molecular weight is 741 g/mol. The van der Waals surface area contributed by atoms with Gasteiger partial charge in [0.2, 0.25) is 5.89 Å². The average Bonchev–Trinajstić information content (AvgIpc) is 3.75. The Bertz CT molecular complexity index is 3260. The van der Waals surface area contributed by atoms with E-state index in [-0.39, 0.29) is 0 Å². The summed E-state index contributed by atoms with van der Waals surface area (Å²) in [5, 5.41) is 7.22. The van der Waals surface area contributed by atoms with Crippen molar-refractivity contribution in [3.8, 4) is 44.8 Å². The first-order valence-electron chi connectivity index (χ1n) is 19.7. The van der Waals surface area contributed by atoms with Crippen molar-refractivity contribution in [2.24, 2.45) is 0 Å². The van der Waals surface area contributed by atoms with Crippen LogP contribution in [0.5, 0.6) is 0 Å². The molecule has 1 heterocycles. The molecule has 3 nitrogen and oxygen atoms in total. The summed E-state index contributed by atoms with van der Waals surface area (Å²) in [6.45, 7) is 0. The summed E-state index contributed by atoms with van der Waals surface area (Å²) in [6.07, 6.45) is 0. The number of benzene rings is 10. The second-order valence-electron chi connectivity index (χ2n) is 14.7. The Hall–Kier alpha value is -7.75. The number of fused-ring (bicyclic) bond motifs is 6. The summed E-state index contributed by atoms with van der Waals surface area (Å²) in [4.78, 5) is 7.20. The van der Waals surface area contributed by atoms with Crippen LogP contribution in [0, 0.1) is 0 Å². The van der Waals surface area contributed by atoms with Crippen LogP contribution in [0.4, 0.5) is 17.1 Å². The van der Waals surface area contributed by atoms with Crippen molar-refractivity contribution >= 4 is 60.5 Å². The van der Waals surface area contributed by atoms with E-state index in [2.05, 4.69) is 193 Å². The van der Waals surface area contributed by atoms with E-state index in [4.69, 9.17) is 9.40 Å². The summed E-state index contributed by atoms with van der Waals surface area (Å²) < 4.78 is 6.41. The molecule has 0 aliphatic carbocycles. The molecule has 1 aromatic heterocycles. The van der Waals surface area contributed by atoms with Crippen LogP contribution >= 0.6 is 0 Å². The summed E-state index contributed by atoms with van der Waals surface area (Å²) in [5.41, 5.74) is 12.9. The highest BCUT2D eigenvalue weighted by Gasteiger charge is 2.19. The van der Waals surface area contributed by atoms with Gasteiger partial charge in [-0.2, -0.15) is 0 Å². The molecule has 58 heavy (non-hydrogen) atoms. The molecule has 0 amide bonds. The molecular formula is C55H36N2O. The molecule has 0 unspecified atom stereocenters. The van der Waals surface area contributed by atoms with E-state index in [1.807, 2.05) is 30.3 Å². The molecule has 0 bridgehead atoms. The van der Waals surface area contributed by atoms with E-state index >= 15 is 0 Å². The summed E-state index contributed by atoms with van der Waals surface area (Å²) >= 11 is 0. The lowest BCUT2D eigenvalue weighted by atomic mass is 9.93. The molecule has 272 valence electrons. The fraction of sp³-hybridized carbons (Fsp3) is 0. The van der Waals surface area contributed by atoms with Crippen LogP contribution in [0.3, 0.4) is 0 Å². The fourth-order valence-corrected chi connectivity index (χ4v) is 8.53. The normalized spacial score (nSPS) is 11.4. The van der Waals surface area contributed by atoms with E-state index in [0.717, 1.165) is 61.2 Å². The molecule has 0 aliphatic rings. The van der Waals surface area contributed by atoms with Crippen molar-refractivity contribution in [1.29, 1.82) is 0 Å². The number of para-hydroxylation sites is 1. The molecule has 0 atom stereocenters. The van der Waals surface area contributed by atoms with Gasteiger partial charge in [0.15, 0.2) is 5.58 Å². The molecule has 0 aliphatic heterocycles. The third kappa shape index (κ3) is 5.80. The number of hydrogen-bond donors (Lipinski definition) is 0. The van der Waals surface area contributed by atoms with Crippen molar-refractivity contribution < 1.29 is 4.42 Å². The first-order chi connectivity index (χ1) is 28.8. The summed E-state index contributed by atoms with van der Waals surface area (Å²) in [6, 6.07) is 77.8. The van der Waals surface area contributed by atoms with E-state index in [1.54, 1.807) is 0 Å². The Kier molecular flexibility index (Phi) is 8.15. The molecule has 0 N–H and O–H groups in total. The van der Waals surface area contributed by atoms with Crippen LogP contribution in [0.1, 0.15) is 0 Å². The van der Waals surface area contributed by atoms with Gasteiger partial charge in [0.05, 0.1) is 5.69 Å². The van der Waals surface area contributed by atoms with Crippen molar-refractivity contribution in [3.63, 3.8) is 0 Å². The van der Waals surface area contributed by atoms with Crippen molar-refractivity contribution in [3.05, 3.63) is 218 Å². The Morgan fingerprint density at radius 3 is 1.62 bits per heavy atom. The Labute approximate surface area is 336 Å². The predicted molar refractivity (Wildman–Crippen MR) is 243 cm³/mol. The minimum absolute atomic E-state index is 0.632. The van der Waals surface area contributed by atoms with Crippen LogP contribution < -0.4 is 4.90 Å². The molecule has 10 aromatic carbocycles. The predicted octanol–water partition coefficient (Wildman–Crippen LogP) is 15.4. The maximum Gasteiger partial charge on any atom is 0.227 e. The van der Waals surface area contributed by atoms with Crippen LogP contribution in [-0.2, 0) is 0 Å². The van der Waals surface area contributed by atoms with Gasteiger partial charge in [-0.3, -0.25) is 0 Å². The Morgan fingerprint density at radius 1 is 0.345 bits per heavy atom. The largest absolute Gasteiger partial charge is 0.435 e. The molecule has 11 aromatic rings. The lowest BCUT2D eigenvalue weighted by Crippen LogP contribution is -2.11. The SMILES string of the molecule is c1ccc(-c2nc3ccc4c(-c5ccc(N(c6ccc(-c7cc8ccccc8c8ccccc78)cc6)c6ccccc6-c6ccccc6)cc5)cccc4c3o2)cc1. The van der Waals surface area contributed by atoms with Crippen LogP contribution in [0.2, 0.25) is 0 Å². The first kappa shape index (κ1) is 33.6. The monoisotopic (exact) mass is 740 g/mol. The maximum atomic E-state index is 6.41. The van der Waals surface area contributed by atoms with Gasteiger partial charge in [0, 0.05) is 27.9 Å². The molecule has 0 saturated carbocycles. The Balaban J connectivity index is 1.02. The molecule has 0 radical (unpaired) electrons. The fourth-order valence-electron chi connectivity index (χ4n) is 8.53. The number of oxazole rings is 1. The maximum absolute atomic E-state index is 6.41. The first-order valence-corrected chi connectivity index (χ1v) is 19.7. The zero-order valence-corrected chi connectivity index (χ0v) is 31.6. The van der Waals surface area contributed by atoms with Gasteiger partial charge in [0.25, 0.3) is 0 Å². The van der Waals surface area contributed by atoms with Crippen LogP contribution in [0.15, 0.2) is 223 Å². The van der Waals surface area contributed by atoms with Gasteiger partial charge in [-0.25, -0.2) is 4.98 Å². The summed E-state index contributed by atoms with van der Waals surface area (Å²) in [7, 11) is 0. The van der Waals surface area contributed by atoms with Gasteiger partial charge in [-0.05, 0) is 109 Å². The van der Waals surface area contributed by atoms with Gasteiger partial charge in [0.1, 0.15) is 5.52 Å². The van der Waals surface area contributed by atoms with Crippen molar-refractivity contribution in [2.75, 3.05) is 4.90 Å². The highest BCUT2D eigenvalue weighted by atomic mass is 16.3. The van der Waals surface area contributed by atoms with Gasteiger partial charge in [-0.15, -0.1) is 0 Å². The van der Waals surface area contributed by atoms with Crippen LogP contribution in [0.25, 0.3) is 88.3 Å². The number of nitrogens with zero attached hydrogens (tertiary/aromatic N) is 2. The van der Waals surface area contributed by atoms with E-state index in [1.165, 1.54) is 38.2 Å². The van der Waals surface area contributed by atoms with Crippen LogP contribution in [-0.4, -0.2) is 4.98 Å². The number of rotatable bonds is 7. The smallest absolute Gasteiger partial charge is 0.227 e. The van der Waals surface area contributed by atoms with Crippen molar-refractivity contribution in [1.82, 2.24) is 4.98 Å². The molecule has 0 spiro atoms. The Morgan fingerprint density at radius 2 is 0.879 bits per heavy atom. The minimum atomic E-state index is 0.632. The van der Waals surface area contributed by atoms with Gasteiger partial charge < -0.3 is 9.32 Å². The zero-order valence-electron chi connectivity index (χ0n) is 31.6. The lowest BCUT2D eigenvalue weighted by molar-refractivity contribution is 0.623. The number of hydrogen-bond acceptors (Lipinski definition) is 3. The standard InChI is InChI=1S/C55H36N2O/c1-3-14-37(15-4-1)46-20-11-12-25-53(46)57(43-32-28-39(29-33-43)51-36-41-18-7-8-19-45(41)47-21-9-10-22-48(47)51)42-30-26-38(27-31-42)44-23-13-24-50-49(44)34-35-52-54(50)58-55(56-52)40-16-5-2-6-17-40/h1-36H. The third-order valence-electron chi connectivity index (χ3n) is 11.3. The highest BCUT2D eigenvalue weighted by Crippen LogP contribution is 2.43. The second kappa shape index (κ2) is 14.1. The summed E-state index contributed by atoms with van der Waals surface area (Å²) in [5.74, 6) is 0.632. The highest BCUT2D eigenvalue weighted by molar-refractivity contribution is 6.14. The second-order valence-corrected chi connectivity index (χ2v) is 14.7. The zero-order chi connectivity index (χ0) is 38.4. The van der Waals surface area contributed by atoms with E-state index < -0.39 is 0 Å². The van der Waals surface area contributed by atoms with E-state index in [0.29, 0.717) is 5.89 Å². The molecule has 11 rings (SSSR count). The van der Waals surface area contributed by atoms with Gasteiger partial charge in [-0.1, -0.05) is 164 Å². The quantitative estimate of drug-likeness (QED) is 0.152. The van der Waals surface area contributed by atoms with E-state index in [9.17, 15) is 0 Å². The van der Waals surface area contributed by atoms with Crippen molar-refractivity contribution in [2.45, 2.75) is 0 Å². The molecular weight excluding hydrogens is 705 g/mol. The lowest BCUT2D eigenvalue weighted by Gasteiger charge is -2.28. The number of anilines is 3. The topological polar surface area (TPSA) is 29.3 Å². The molecule has 0 saturated heterocycles. The third-order valence-corrected chi connectivity index (χ3v) is 11.3. The molecule has 0 fully saturated rings. The van der Waals surface area contributed by atoms with Gasteiger partial charge >= 0.3 is 0 Å².